The van der Waals surface area contributed by atoms with Crippen LogP contribution in [0.4, 0.5) is 0 Å². The van der Waals surface area contributed by atoms with E-state index in [-0.39, 0.29) is 0 Å². The first-order valence-electron chi connectivity index (χ1n) is 10.9. The molecule has 29 heavy (non-hydrogen) atoms. The quantitative estimate of drug-likeness (QED) is 0.385. The minimum atomic E-state index is 0.422. The summed E-state index contributed by atoms with van der Waals surface area (Å²) in [5.41, 5.74) is 0.902. The summed E-state index contributed by atoms with van der Waals surface area (Å²) in [6, 6.07) is 7.67. The Hall–Kier alpha value is -1.70. The molecule has 0 amide bonds. The Labute approximate surface area is 179 Å². The third kappa shape index (κ3) is 6.66. The summed E-state index contributed by atoms with van der Waals surface area (Å²) in [7, 11) is 1.66. The summed E-state index contributed by atoms with van der Waals surface area (Å²) in [6.45, 7) is 8.50. The van der Waals surface area contributed by atoms with Crippen LogP contribution < -0.4 is 4.74 Å². The zero-order chi connectivity index (χ0) is 20.5. The topological polar surface area (TPSA) is 46.7 Å². The highest BCUT2D eigenvalue weighted by Gasteiger charge is 2.18. The van der Waals surface area contributed by atoms with Crippen molar-refractivity contribution >= 4 is 12.2 Å². The summed E-state index contributed by atoms with van der Waals surface area (Å²) in [4.78, 5) is 5.40. The van der Waals surface area contributed by atoms with Gasteiger partial charge in [0.15, 0.2) is 0 Å². The lowest BCUT2D eigenvalue weighted by Gasteiger charge is -2.34. The van der Waals surface area contributed by atoms with Crippen molar-refractivity contribution in [3.8, 4) is 17.2 Å². The van der Waals surface area contributed by atoms with Crippen LogP contribution in [0.15, 0.2) is 28.7 Å². The van der Waals surface area contributed by atoms with Crippen LogP contribution in [0.2, 0.25) is 0 Å². The SMILES string of the molecule is CCCCCCCCN1CCN(Cn2nc(-c3ccc(OC)cc3)oc2=S)CC1. The van der Waals surface area contributed by atoms with Gasteiger partial charge in [-0.25, -0.2) is 4.68 Å². The van der Waals surface area contributed by atoms with Gasteiger partial charge in [-0.05, 0) is 49.4 Å². The fourth-order valence-corrected chi connectivity index (χ4v) is 3.88. The number of aromatic nitrogens is 2. The first-order chi connectivity index (χ1) is 14.2. The molecule has 0 saturated carbocycles. The maximum Gasteiger partial charge on any atom is 0.288 e. The normalized spacial score (nSPS) is 15.7. The highest BCUT2D eigenvalue weighted by molar-refractivity contribution is 7.71. The molecule has 1 aromatic heterocycles. The molecule has 0 aliphatic carbocycles. The van der Waals surface area contributed by atoms with Crippen LogP contribution in [-0.4, -0.2) is 59.4 Å². The van der Waals surface area contributed by atoms with Crippen molar-refractivity contribution in [1.29, 1.82) is 0 Å². The van der Waals surface area contributed by atoms with Crippen LogP contribution in [-0.2, 0) is 6.67 Å². The van der Waals surface area contributed by atoms with E-state index >= 15 is 0 Å². The zero-order valence-corrected chi connectivity index (χ0v) is 18.6. The van der Waals surface area contributed by atoms with Gasteiger partial charge in [0.2, 0.25) is 5.89 Å². The molecule has 0 spiro atoms. The molecule has 0 radical (unpaired) electrons. The number of unbranched alkanes of at least 4 members (excludes halogenated alkanes) is 5. The maximum atomic E-state index is 5.72. The summed E-state index contributed by atoms with van der Waals surface area (Å²) in [5.74, 6) is 1.37. The second-order valence-corrected chi connectivity index (χ2v) is 8.12. The molecular formula is C22H34N4O2S. The Kier molecular flexibility index (Phi) is 8.70. The van der Waals surface area contributed by atoms with Gasteiger partial charge in [-0.2, -0.15) is 0 Å². The van der Waals surface area contributed by atoms with Gasteiger partial charge < -0.3 is 14.1 Å². The Balaban J connectivity index is 1.43. The van der Waals surface area contributed by atoms with Gasteiger partial charge in [-0.15, -0.1) is 5.10 Å². The molecule has 2 aromatic rings. The molecule has 1 aromatic carbocycles. The van der Waals surface area contributed by atoms with Gasteiger partial charge in [-0.1, -0.05) is 39.0 Å². The number of methoxy groups -OCH3 is 1. The Morgan fingerprint density at radius 3 is 2.31 bits per heavy atom. The molecular weight excluding hydrogens is 384 g/mol. The Morgan fingerprint density at radius 2 is 1.62 bits per heavy atom. The Bertz CT molecular complexity index is 779. The minimum absolute atomic E-state index is 0.422. The van der Waals surface area contributed by atoms with E-state index < -0.39 is 0 Å². The van der Waals surface area contributed by atoms with Gasteiger partial charge in [-0.3, -0.25) is 4.90 Å². The number of piperazine rings is 1. The van der Waals surface area contributed by atoms with Crippen molar-refractivity contribution in [2.24, 2.45) is 0 Å². The molecule has 1 fully saturated rings. The maximum absolute atomic E-state index is 5.72. The van der Waals surface area contributed by atoms with Crippen LogP contribution >= 0.6 is 12.2 Å². The van der Waals surface area contributed by atoms with Crippen molar-refractivity contribution in [2.45, 2.75) is 52.1 Å². The van der Waals surface area contributed by atoms with Crippen molar-refractivity contribution < 1.29 is 9.15 Å². The molecule has 1 aliphatic heterocycles. The molecule has 2 heterocycles. The van der Waals surface area contributed by atoms with E-state index in [2.05, 4.69) is 21.8 Å². The molecule has 0 atom stereocenters. The van der Waals surface area contributed by atoms with Crippen molar-refractivity contribution in [3.63, 3.8) is 0 Å². The van der Waals surface area contributed by atoms with E-state index in [0.29, 0.717) is 17.4 Å². The summed E-state index contributed by atoms with van der Waals surface area (Å²) < 4.78 is 12.7. The fourth-order valence-electron chi connectivity index (χ4n) is 3.71. The first kappa shape index (κ1) is 22.0. The molecule has 160 valence electrons. The Morgan fingerprint density at radius 1 is 0.966 bits per heavy atom. The second kappa shape index (κ2) is 11.5. The van der Waals surface area contributed by atoms with E-state index in [1.54, 1.807) is 11.8 Å². The third-order valence-electron chi connectivity index (χ3n) is 5.57. The predicted molar refractivity (Wildman–Crippen MR) is 119 cm³/mol. The highest BCUT2D eigenvalue weighted by Crippen LogP contribution is 2.21. The number of nitrogens with zero attached hydrogens (tertiary/aromatic N) is 4. The lowest BCUT2D eigenvalue weighted by Crippen LogP contribution is -2.47. The van der Waals surface area contributed by atoms with Gasteiger partial charge in [0.25, 0.3) is 4.84 Å². The van der Waals surface area contributed by atoms with Gasteiger partial charge >= 0.3 is 0 Å². The lowest BCUT2D eigenvalue weighted by atomic mass is 10.1. The minimum Gasteiger partial charge on any atom is -0.497 e. The standard InChI is InChI=1S/C22H34N4O2S/c1-3-4-5-6-7-8-13-24-14-16-25(17-15-24)18-26-22(29)28-21(23-26)19-9-11-20(27-2)12-10-19/h9-12H,3-8,13-18H2,1-2H3. The highest BCUT2D eigenvalue weighted by atomic mass is 32.1. The van der Waals surface area contributed by atoms with E-state index in [9.17, 15) is 0 Å². The molecule has 0 unspecified atom stereocenters. The zero-order valence-electron chi connectivity index (χ0n) is 17.8. The molecule has 6 nitrogen and oxygen atoms in total. The number of hydrogen-bond acceptors (Lipinski definition) is 6. The lowest BCUT2D eigenvalue weighted by molar-refractivity contribution is 0.100. The van der Waals surface area contributed by atoms with Gasteiger partial charge in [0, 0.05) is 31.7 Å². The fraction of sp³-hybridized carbons (Fsp3) is 0.636. The number of ether oxygens (including phenoxy) is 1. The molecule has 1 aliphatic rings. The van der Waals surface area contributed by atoms with Crippen molar-refractivity contribution in [3.05, 3.63) is 29.1 Å². The van der Waals surface area contributed by atoms with E-state index in [0.717, 1.165) is 37.5 Å². The van der Waals surface area contributed by atoms with E-state index in [1.807, 2.05) is 24.3 Å². The smallest absolute Gasteiger partial charge is 0.288 e. The monoisotopic (exact) mass is 418 g/mol. The average molecular weight is 419 g/mol. The summed E-state index contributed by atoms with van der Waals surface area (Å²) in [6.07, 6.45) is 8.16. The van der Waals surface area contributed by atoms with Gasteiger partial charge in [0.1, 0.15) is 5.75 Å². The van der Waals surface area contributed by atoms with Crippen LogP contribution in [0.1, 0.15) is 45.4 Å². The largest absolute Gasteiger partial charge is 0.497 e. The van der Waals surface area contributed by atoms with Crippen molar-refractivity contribution in [1.82, 2.24) is 19.6 Å². The molecule has 0 bridgehead atoms. The number of rotatable bonds is 11. The third-order valence-corrected chi connectivity index (χ3v) is 5.86. The average Bonchev–Trinajstić information content (AvgIpc) is 3.12. The first-order valence-corrected chi connectivity index (χ1v) is 11.3. The molecule has 0 N–H and O–H groups in total. The van der Waals surface area contributed by atoms with Gasteiger partial charge in [0.05, 0.1) is 13.8 Å². The van der Waals surface area contributed by atoms with Crippen LogP contribution in [0.5, 0.6) is 5.75 Å². The molecule has 1 saturated heterocycles. The van der Waals surface area contributed by atoms with E-state index in [4.69, 9.17) is 21.4 Å². The van der Waals surface area contributed by atoms with E-state index in [1.165, 1.54) is 45.1 Å². The van der Waals surface area contributed by atoms with Crippen LogP contribution in [0.3, 0.4) is 0 Å². The summed E-state index contributed by atoms with van der Waals surface area (Å²) in [5, 5.41) is 4.58. The number of hydrogen-bond donors (Lipinski definition) is 0. The van der Waals surface area contributed by atoms with Crippen LogP contribution in [0.25, 0.3) is 11.5 Å². The van der Waals surface area contributed by atoms with Crippen molar-refractivity contribution in [2.75, 3.05) is 39.8 Å². The predicted octanol–water partition coefficient (Wildman–Crippen LogP) is 4.82. The summed E-state index contributed by atoms with van der Waals surface area (Å²) >= 11 is 5.39. The second-order valence-electron chi connectivity index (χ2n) is 7.77. The molecule has 7 heteroatoms. The number of benzene rings is 1. The molecule has 3 rings (SSSR count). The van der Waals surface area contributed by atoms with Crippen LogP contribution in [0, 0.1) is 4.84 Å².